The maximum absolute atomic E-state index is 13.8. The fourth-order valence-electron chi connectivity index (χ4n) is 5.34. The van der Waals surface area contributed by atoms with Crippen LogP contribution >= 0.6 is 22.9 Å². The van der Waals surface area contributed by atoms with E-state index in [-0.39, 0.29) is 30.3 Å². The van der Waals surface area contributed by atoms with Gasteiger partial charge in [-0.1, -0.05) is 48.7 Å². The molecule has 3 heterocycles. The molecule has 1 saturated heterocycles. The summed E-state index contributed by atoms with van der Waals surface area (Å²) in [5, 5.41) is 8.98. The van der Waals surface area contributed by atoms with E-state index in [0.717, 1.165) is 61.5 Å². The molecule has 2 aromatic rings. The van der Waals surface area contributed by atoms with Crippen LogP contribution in [0.5, 0.6) is 0 Å². The van der Waals surface area contributed by atoms with Gasteiger partial charge in [-0.05, 0) is 35.9 Å². The minimum atomic E-state index is -0.286. The van der Waals surface area contributed by atoms with Gasteiger partial charge in [-0.3, -0.25) is 14.5 Å². The van der Waals surface area contributed by atoms with Crippen molar-refractivity contribution in [3.8, 4) is 0 Å². The number of ether oxygens (including phenoxy) is 1. The maximum Gasteiger partial charge on any atom is 0.262 e. The van der Waals surface area contributed by atoms with Crippen LogP contribution in [0.2, 0.25) is 5.02 Å². The Morgan fingerprint density at radius 2 is 1.89 bits per heavy atom. The summed E-state index contributed by atoms with van der Waals surface area (Å²) in [4.78, 5) is 32.4. The third kappa shape index (κ3) is 5.83. The average Bonchev–Trinajstić information content (AvgIpc) is 3.68. The Bertz CT molecular complexity index is 1080. The quantitative estimate of drug-likeness (QED) is 0.508. The lowest BCUT2D eigenvalue weighted by Crippen LogP contribution is -2.48. The number of hydrogen-bond donors (Lipinski definition) is 0. The van der Waals surface area contributed by atoms with Gasteiger partial charge in [0.1, 0.15) is 6.54 Å². The van der Waals surface area contributed by atoms with Crippen molar-refractivity contribution in [2.24, 2.45) is 11.0 Å². The van der Waals surface area contributed by atoms with Crippen molar-refractivity contribution in [1.82, 2.24) is 14.8 Å². The zero-order chi connectivity index (χ0) is 24.9. The van der Waals surface area contributed by atoms with Crippen LogP contribution < -0.4 is 0 Å². The van der Waals surface area contributed by atoms with E-state index in [0.29, 0.717) is 31.2 Å². The van der Waals surface area contributed by atoms with Gasteiger partial charge in [-0.2, -0.15) is 5.10 Å². The minimum absolute atomic E-state index is 0.0191. The van der Waals surface area contributed by atoms with Gasteiger partial charge in [-0.25, -0.2) is 5.01 Å². The molecule has 2 fully saturated rings. The Kier molecular flexibility index (Phi) is 8.36. The highest BCUT2D eigenvalue weighted by atomic mass is 35.5. The number of hydrazone groups is 1. The van der Waals surface area contributed by atoms with Gasteiger partial charge in [-0.15, -0.1) is 11.3 Å². The SMILES string of the molecule is O=C(C1CCCC1)N(CCN1CCOCC1)CC(=O)N1N=C(c2cccs2)C[C@H]1c1ccccc1Cl. The first-order valence-electron chi connectivity index (χ1n) is 12.9. The van der Waals surface area contributed by atoms with Crippen molar-refractivity contribution >= 4 is 40.5 Å². The second-order valence-corrected chi connectivity index (χ2v) is 11.1. The van der Waals surface area contributed by atoms with Crippen molar-refractivity contribution in [2.75, 3.05) is 45.9 Å². The van der Waals surface area contributed by atoms with E-state index in [4.69, 9.17) is 21.4 Å². The van der Waals surface area contributed by atoms with Crippen LogP contribution in [-0.4, -0.2) is 78.3 Å². The molecule has 0 N–H and O–H groups in total. The van der Waals surface area contributed by atoms with E-state index in [2.05, 4.69) is 4.90 Å². The fraction of sp³-hybridized carbons (Fsp3) is 0.519. The first-order valence-corrected chi connectivity index (χ1v) is 14.1. The Balaban J connectivity index is 1.36. The summed E-state index contributed by atoms with van der Waals surface area (Å²) in [5.41, 5.74) is 1.76. The summed E-state index contributed by atoms with van der Waals surface area (Å²) < 4.78 is 5.46. The van der Waals surface area contributed by atoms with Crippen LogP contribution in [0.4, 0.5) is 0 Å². The normalized spacial score (nSPS) is 21.1. The topological polar surface area (TPSA) is 65.5 Å². The molecular weight excluding hydrogens is 496 g/mol. The van der Waals surface area contributed by atoms with Gasteiger partial charge in [0.25, 0.3) is 5.91 Å². The van der Waals surface area contributed by atoms with Crippen LogP contribution in [0, 0.1) is 5.92 Å². The third-order valence-electron chi connectivity index (χ3n) is 7.37. The molecule has 7 nitrogen and oxygen atoms in total. The first kappa shape index (κ1) is 25.4. The van der Waals surface area contributed by atoms with Gasteiger partial charge in [0, 0.05) is 43.5 Å². The zero-order valence-corrected chi connectivity index (χ0v) is 22.1. The average molecular weight is 529 g/mol. The summed E-state index contributed by atoms with van der Waals surface area (Å²) in [7, 11) is 0. The van der Waals surface area contributed by atoms with E-state index in [1.807, 2.05) is 41.8 Å². The molecule has 1 aliphatic carbocycles. The van der Waals surface area contributed by atoms with E-state index >= 15 is 0 Å². The predicted molar refractivity (Wildman–Crippen MR) is 142 cm³/mol. The molecule has 9 heteroatoms. The van der Waals surface area contributed by atoms with E-state index in [9.17, 15) is 9.59 Å². The molecule has 192 valence electrons. The number of morpholine rings is 1. The second kappa shape index (κ2) is 11.9. The first-order chi connectivity index (χ1) is 17.6. The number of amides is 2. The maximum atomic E-state index is 13.8. The van der Waals surface area contributed by atoms with Crippen molar-refractivity contribution < 1.29 is 14.3 Å². The molecule has 0 bridgehead atoms. The monoisotopic (exact) mass is 528 g/mol. The van der Waals surface area contributed by atoms with Gasteiger partial charge < -0.3 is 9.64 Å². The molecule has 1 saturated carbocycles. The van der Waals surface area contributed by atoms with Crippen molar-refractivity contribution in [1.29, 1.82) is 0 Å². The van der Waals surface area contributed by atoms with Gasteiger partial charge in [0.05, 0.1) is 29.8 Å². The molecular formula is C27H33ClN4O3S. The summed E-state index contributed by atoms with van der Waals surface area (Å²) in [5.74, 6) is -0.0459. The van der Waals surface area contributed by atoms with E-state index in [1.54, 1.807) is 21.2 Å². The van der Waals surface area contributed by atoms with Crippen LogP contribution in [0.15, 0.2) is 46.9 Å². The Labute approximate surface area is 221 Å². The second-order valence-electron chi connectivity index (χ2n) is 9.70. The predicted octanol–water partition coefficient (Wildman–Crippen LogP) is 4.43. The summed E-state index contributed by atoms with van der Waals surface area (Å²) in [6.45, 7) is 4.44. The molecule has 0 unspecified atom stereocenters. The van der Waals surface area contributed by atoms with Crippen LogP contribution in [0.25, 0.3) is 0 Å². The molecule has 0 radical (unpaired) electrons. The number of hydrogen-bond acceptors (Lipinski definition) is 6. The Morgan fingerprint density at radius 1 is 1.11 bits per heavy atom. The lowest BCUT2D eigenvalue weighted by atomic mass is 10.0. The van der Waals surface area contributed by atoms with Gasteiger partial charge in [0.15, 0.2) is 0 Å². The number of carbonyl (C=O) groups excluding carboxylic acids is 2. The lowest BCUT2D eigenvalue weighted by molar-refractivity contribution is -0.144. The molecule has 1 aromatic carbocycles. The lowest BCUT2D eigenvalue weighted by Gasteiger charge is -2.32. The fourth-order valence-corrected chi connectivity index (χ4v) is 6.32. The highest BCUT2D eigenvalue weighted by molar-refractivity contribution is 7.12. The summed E-state index contributed by atoms with van der Waals surface area (Å²) in [6.07, 6.45) is 4.58. The molecule has 1 atom stereocenters. The molecule has 2 aliphatic heterocycles. The number of nitrogens with zero attached hydrogens (tertiary/aromatic N) is 4. The summed E-state index contributed by atoms with van der Waals surface area (Å²) in [6, 6.07) is 11.4. The van der Waals surface area contributed by atoms with Crippen LogP contribution in [0.3, 0.4) is 0 Å². The molecule has 2 amide bonds. The molecule has 36 heavy (non-hydrogen) atoms. The third-order valence-corrected chi connectivity index (χ3v) is 8.63. The largest absolute Gasteiger partial charge is 0.379 e. The zero-order valence-electron chi connectivity index (χ0n) is 20.5. The number of carbonyl (C=O) groups is 2. The van der Waals surface area contributed by atoms with Crippen LogP contribution in [-0.2, 0) is 14.3 Å². The molecule has 5 rings (SSSR count). The van der Waals surface area contributed by atoms with E-state index in [1.165, 1.54) is 0 Å². The van der Waals surface area contributed by atoms with Gasteiger partial charge in [0.2, 0.25) is 5.91 Å². The number of thiophene rings is 1. The van der Waals surface area contributed by atoms with E-state index < -0.39 is 0 Å². The highest BCUT2D eigenvalue weighted by Gasteiger charge is 2.36. The van der Waals surface area contributed by atoms with Crippen molar-refractivity contribution in [2.45, 2.75) is 38.1 Å². The molecule has 0 spiro atoms. The minimum Gasteiger partial charge on any atom is -0.379 e. The highest BCUT2D eigenvalue weighted by Crippen LogP contribution is 2.37. The number of halogens is 1. The Morgan fingerprint density at radius 3 is 2.61 bits per heavy atom. The summed E-state index contributed by atoms with van der Waals surface area (Å²) >= 11 is 8.17. The number of rotatable bonds is 8. The van der Waals surface area contributed by atoms with Gasteiger partial charge >= 0.3 is 0 Å². The van der Waals surface area contributed by atoms with Crippen molar-refractivity contribution in [3.05, 3.63) is 57.2 Å². The van der Waals surface area contributed by atoms with Crippen molar-refractivity contribution in [3.63, 3.8) is 0 Å². The number of benzene rings is 1. The molecule has 1 aromatic heterocycles. The van der Waals surface area contributed by atoms with Crippen LogP contribution in [0.1, 0.15) is 48.6 Å². The smallest absolute Gasteiger partial charge is 0.262 e. The Hall–Kier alpha value is -2.26. The standard InChI is InChI=1S/C27H33ClN4O3S/c28-22-9-4-3-8-21(22)24-18-23(25-10-5-17-36-25)29-32(24)26(33)19-31(27(34)20-6-1-2-7-20)12-11-30-13-15-35-16-14-30/h3-5,8-10,17,20,24H,1-2,6-7,11-16,18-19H2/t24-/m0/s1. The molecule has 3 aliphatic rings.